The number of hydrogen-bond acceptors (Lipinski definition) is 3. The predicted octanol–water partition coefficient (Wildman–Crippen LogP) is 0.798. The summed E-state index contributed by atoms with van der Waals surface area (Å²) in [4.78, 5) is 21.4. The Balaban J connectivity index is 2.81. The smallest absolute Gasteiger partial charge is 0.337 e. The SMILES string of the molecule is Cc1ccc(C(=S)NC(C(=O)O)C(=O)O)cc1. The largest absolute Gasteiger partial charge is 0.479 e. The normalized spacial score (nSPS) is 10.0. The third kappa shape index (κ3) is 3.53. The van der Waals surface area contributed by atoms with Crippen molar-refractivity contribution in [1.82, 2.24) is 5.32 Å². The monoisotopic (exact) mass is 253 g/mol. The molecule has 0 fully saturated rings. The molecule has 5 nitrogen and oxygen atoms in total. The maximum absolute atomic E-state index is 10.7. The van der Waals surface area contributed by atoms with Crippen LogP contribution in [0, 0.1) is 6.92 Å². The molecule has 0 spiro atoms. The maximum atomic E-state index is 10.7. The van der Waals surface area contributed by atoms with Crippen molar-refractivity contribution in [3.8, 4) is 0 Å². The van der Waals surface area contributed by atoms with Gasteiger partial charge in [-0.1, -0.05) is 42.0 Å². The number of aliphatic carboxylic acids is 2. The second kappa shape index (κ2) is 5.40. The van der Waals surface area contributed by atoms with Crippen LogP contribution in [0.25, 0.3) is 0 Å². The molecule has 0 bridgehead atoms. The Morgan fingerprint density at radius 1 is 1.18 bits per heavy atom. The number of hydrogen-bond donors (Lipinski definition) is 3. The molecule has 1 rings (SSSR count). The zero-order valence-corrected chi connectivity index (χ0v) is 9.82. The molecule has 90 valence electrons. The molecule has 0 heterocycles. The van der Waals surface area contributed by atoms with E-state index in [0.29, 0.717) is 5.56 Å². The molecule has 1 aromatic rings. The Hall–Kier alpha value is -1.95. The Morgan fingerprint density at radius 3 is 2.06 bits per heavy atom. The highest BCUT2D eigenvalue weighted by atomic mass is 32.1. The van der Waals surface area contributed by atoms with E-state index in [0.717, 1.165) is 5.56 Å². The molecule has 0 amide bonds. The number of carboxylic acid groups (broad SMARTS) is 2. The van der Waals surface area contributed by atoms with Gasteiger partial charge in [-0.25, -0.2) is 9.59 Å². The number of aryl methyl sites for hydroxylation is 1. The molecule has 3 N–H and O–H groups in total. The zero-order valence-electron chi connectivity index (χ0n) is 9.01. The number of carboxylic acids is 2. The molecule has 0 aliphatic heterocycles. The fourth-order valence-corrected chi connectivity index (χ4v) is 1.40. The first-order valence-corrected chi connectivity index (χ1v) is 5.16. The van der Waals surface area contributed by atoms with E-state index < -0.39 is 18.0 Å². The summed E-state index contributed by atoms with van der Waals surface area (Å²) in [6.07, 6.45) is 0. The lowest BCUT2D eigenvalue weighted by Gasteiger charge is -2.12. The van der Waals surface area contributed by atoms with Gasteiger partial charge in [0.05, 0.1) is 0 Å². The Morgan fingerprint density at radius 2 is 1.65 bits per heavy atom. The lowest BCUT2D eigenvalue weighted by molar-refractivity contribution is -0.150. The summed E-state index contributed by atoms with van der Waals surface area (Å²) in [5, 5.41) is 19.6. The Bertz CT molecular complexity index is 441. The molecule has 17 heavy (non-hydrogen) atoms. The highest BCUT2D eigenvalue weighted by molar-refractivity contribution is 7.80. The van der Waals surface area contributed by atoms with Gasteiger partial charge in [-0.05, 0) is 6.92 Å². The van der Waals surface area contributed by atoms with Crippen molar-refractivity contribution in [3.05, 3.63) is 35.4 Å². The number of thiocarbonyl (C=S) groups is 1. The average Bonchev–Trinajstić information content (AvgIpc) is 2.25. The molecular formula is C11H11NO4S. The van der Waals surface area contributed by atoms with Crippen LogP contribution in [-0.2, 0) is 9.59 Å². The standard InChI is InChI=1S/C11H11NO4S/c1-6-2-4-7(5-3-6)9(17)12-8(10(13)14)11(15)16/h2-5,8H,1H3,(H,12,17)(H,13,14)(H,15,16). The quantitative estimate of drug-likeness (QED) is 0.543. The van der Waals surface area contributed by atoms with Crippen molar-refractivity contribution < 1.29 is 19.8 Å². The van der Waals surface area contributed by atoms with Crippen molar-refractivity contribution in [2.24, 2.45) is 0 Å². The highest BCUT2D eigenvalue weighted by Crippen LogP contribution is 2.04. The molecule has 0 aliphatic rings. The second-order valence-corrected chi connectivity index (χ2v) is 3.86. The minimum atomic E-state index is -1.73. The summed E-state index contributed by atoms with van der Waals surface area (Å²) in [5.41, 5.74) is 1.61. The molecule has 0 saturated heterocycles. The second-order valence-electron chi connectivity index (χ2n) is 3.45. The third-order valence-corrected chi connectivity index (χ3v) is 2.44. The number of nitrogens with one attached hydrogen (secondary N) is 1. The minimum Gasteiger partial charge on any atom is -0.479 e. The molecule has 0 radical (unpaired) electrons. The Labute approximate surface area is 103 Å². The van der Waals surface area contributed by atoms with E-state index in [1.54, 1.807) is 24.3 Å². The lowest BCUT2D eigenvalue weighted by atomic mass is 10.1. The van der Waals surface area contributed by atoms with Crippen molar-refractivity contribution in [2.75, 3.05) is 0 Å². The fourth-order valence-electron chi connectivity index (χ4n) is 1.15. The van der Waals surface area contributed by atoms with Crippen LogP contribution < -0.4 is 5.32 Å². The molecule has 0 saturated carbocycles. The van der Waals surface area contributed by atoms with Gasteiger partial charge in [-0.3, -0.25) is 0 Å². The third-order valence-electron chi connectivity index (χ3n) is 2.08. The summed E-state index contributed by atoms with van der Waals surface area (Å²) in [7, 11) is 0. The van der Waals surface area contributed by atoms with Crippen LogP contribution in [0.4, 0.5) is 0 Å². The van der Waals surface area contributed by atoms with Crippen LogP contribution in [0.2, 0.25) is 0 Å². The van der Waals surface area contributed by atoms with E-state index in [9.17, 15) is 9.59 Å². The van der Waals surface area contributed by atoms with Crippen LogP contribution in [0.5, 0.6) is 0 Å². The number of benzene rings is 1. The first-order valence-electron chi connectivity index (χ1n) is 4.75. The van der Waals surface area contributed by atoms with E-state index in [-0.39, 0.29) is 4.99 Å². The van der Waals surface area contributed by atoms with E-state index in [1.165, 1.54) is 0 Å². The van der Waals surface area contributed by atoms with Crippen LogP contribution in [0.3, 0.4) is 0 Å². The van der Waals surface area contributed by atoms with Crippen molar-refractivity contribution in [1.29, 1.82) is 0 Å². The molecule has 6 heteroatoms. The van der Waals surface area contributed by atoms with E-state index in [2.05, 4.69) is 5.32 Å². The van der Waals surface area contributed by atoms with E-state index in [4.69, 9.17) is 22.4 Å². The number of carbonyl (C=O) groups is 2. The summed E-state index contributed by atoms with van der Waals surface area (Å²) in [6, 6.07) is 5.28. The van der Waals surface area contributed by atoms with Gasteiger partial charge in [0, 0.05) is 5.56 Å². The number of rotatable bonds is 4. The molecule has 0 aromatic heterocycles. The minimum absolute atomic E-state index is 0.0970. The predicted molar refractivity (Wildman–Crippen MR) is 65.1 cm³/mol. The topological polar surface area (TPSA) is 86.6 Å². The first kappa shape index (κ1) is 13.1. The van der Waals surface area contributed by atoms with Crippen molar-refractivity contribution in [3.63, 3.8) is 0 Å². The molecular weight excluding hydrogens is 242 g/mol. The van der Waals surface area contributed by atoms with E-state index >= 15 is 0 Å². The van der Waals surface area contributed by atoms with Gasteiger partial charge in [0.2, 0.25) is 6.04 Å². The van der Waals surface area contributed by atoms with Crippen LogP contribution in [0.1, 0.15) is 11.1 Å². The molecule has 1 aromatic carbocycles. The molecule has 0 unspecified atom stereocenters. The van der Waals surface area contributed by atoms with Crippen molar-refractivity contribution in [2.45, 2.75) is 13.0 Å². The van der Waals surface area contributed by atoms with Gasteiger partial charge < -0.3 is 15.5 Å². The van der Waals surface area contributed by atoms with Crippen LogP contribution >= 0.6 is 12.2 Å². The summed E-state index contributed by atoms with van der Waals surface area (Å²) in [6.45, 7) is 1.90. The van der Waals surface area contributed by atoms with E-state index in [1.807, 2.05) is 6.92 Å². The average molecular weight is 253 g/mol. The van der Waals surface area contributed by atoms with Gasteiger partial charge in [-0.15, -0.1) is 0 Å². The summed E-state index contributed by atoms with van der Waals surface area (Å²) < 4.78 is 0. The highest BCUT2D eigenvalue weighted by Gasteiger charge is 2.26. The maximum Gasteiger partial charge on any atom is 0.337 e. The van der Waals surface area contributed by atoms with Gasteiger partial charge >= 0.3 is 11.9 Å². The first-order chi connectivity index (χ1) is 7.91. The molecule has 0 aliphatic carbocycles. The Kier molecular flexibility index (Phi) is 4.17. The van der Waals surface area contributed by atoms with Gasteiger partial charge in [0.25, 0.3) is 0 Å². The fraction of sp³-hybridized carbons (Fsp3) is 0.182. The van der Waals surface area contributed by atoms with Gasteiger partial charge in [-0.2, -0.15) is 0 Å². The summed E-state index contributed by atoms with van der Waals surface area (Å²) >= 11 is 4.94. The zero-order chi connectivity index (χ0) is 13.0. The van der Waals surface area contributed by atoms with Crippen LogP contribution in [-0.4, -0.2) is 33.2 Å². The summed E-state index contributed by atoms with van der Waals surface area (Å²) in [5.74, 6) is -2.96. The van der Waals surface area contributed by atoms with Crippen LogP contribution in [0.15, 0.2) is 24.3 Å². The van der Waals surface area contributed by atoms with Crippen molar-refractivity contribution >= 4 is 29.1 Å². The molecule has 0 atom stereocenters. The van der Waals surface area contributed by atoms with Gasteiger partial charge in [0.1, 0.15) is 4.99 Å². The lowest BCUT2D eigenvalue weighted by Crippen LogP contribution is -2.46. The van der Waals surface area contributed by atoms with Gasteiger partial charge in [0.15, 0.2) is 0 Å².